The average Bonchev–Trinajstić information content (AvgIpc) is 2.83. The Kier molecular flexibility index (Phi) is 6.88. The van der Waals surface area contributed by atoms with Gasteiger partial charge in [-0.15, -0.1) is 0 Å². The second-order valence-corrected chi connectivity index (χ2v) is 8.56. The van der Waals surface area contributed by atoms with Gasteiger partial charge in [-0.3, -0.25) is 14.1 Å². The third kappa shape index (κ3) is 4.51. The van der Waals surface area contributed by atoms with Crippen molar-refractivity contribution in [2.45, 2.75) is 6.92 Å². The maximum Gasteiger partial charge on any atom is 0.344 e. The largest absolute Gasteiger partial charge is 0.504 e. The van der Waals surface area contributed by atoms with Crippen LogP contribution in [0.25, 0.3) is 0 Å². The number of halogens is 1. The van der Waals surface area contributed by atoms with E-state index in [2.05, 4.69) is 0 Å². The number of benzene rings is 3. The molecule has 0 amide bonds. The molecule has 0 spiro atoms. The van der Waals surface area contributed by atoms with Crippen LogP contribution in [0.2, 0.25) is 5.02 Å². The lowest BCUT2D eigenvalue weighted by atomic mass is 9.83. The van der Waals surface area contributed by atoms with Crippen LogP contribution in [0.5, 0.6) is 11.5 Å². The van der Waals surface area contributed by atoms with Crippen molar-refractivity contribution in [2.75, 3.05) is 17.5 Å². The average molecular weight is 516 g/mol. The van der Waals surface area contributed by atoms with E-state index in [9.17, 15) is 28.3 Å². The van der Waals surface area contributed by atoms with Gasteiger partial charge in [0.05, 0.1) is 17.9 Å². The number of hydrogen-bond donors (Lipinski definition) is 2. The Bertz CT molecular complexity index is 1370. The van der Waals surface area contributed by atoms with E-state index >= 15 is 0 Å². The highest BCUT2D eigenvalue weighted by molar-refractivity contribution is 7.81. The number of aromatic hydroxyl groups is 1. The van der Waals surface area contributed by atoms with E-state index in [1.54, 1.807) is 19.1 Å². The number of rotatable bonds is 7. The molecule has 0 bridgehead atoms. The van der Waals surface area contributed by atoms with Crippen LogP contribution < -0.4 is 9.04 Å². The van der Waals surface area contributed by atoms with Crippen molar-refractivity contribution in [1.29, 1.82) is 0 Å². The summed E-state index contributed by atoms with van der Waals surface area (Å²) in [5.41, 5.74) is -0.381. The molecule has 11 heteroatoms. The molecule has 1 atom stereocenters. The summed E-state index contributed by atoms with van der Waals surface area (Å²) in [6, 6.07) is 13.1. The van der Waals surface area contributed by atoms with Crippen molar-refractivity contribution in [2.24, 2.45) is 0 Å². The molecule has 3 aromatic carbocycles. The third-order valence-electron chi connectivity index (χ3n) is 5.20. The van der Waals surface area contributed by atoms with Crippen LogP contribution >= 0.6 is 11.6 Å². The van der Waals surface area contributed by atoms with E-state index in [0.717, 1.165) is 4.31 Å². The van der Waals surface area contributed by atoms with Gasteiger partial charge >= 0.3 is 5.97 Å². The number of phenols is 1. The molecular weight excluding hydrogens is 498 g/mol. The van der Waals surface area contributed by atoms with Gasteiger partial charge in [0.2, 0.25) is 0 Å². The standard InChI is InChI=1S/C24H18ClNO8S/c1-2-33-19(27)12-34-24-18(26(35(31)32)14-9-7-13(25)8-10-14)11-17-20(23(24)30)22(29)16-6-4-3-5-15(16)21(17)28/h3-11,30H,2,12H2,1H3,(H,31,32). The summed E-state index contributed by atoms with van der Waals surface area (Å²) in [4.78, 5) is 38.4. The molecule has 1 aliphatic carbocycles. The van der Waals surface area contributed by atoms with Crippen molar-refractivity contribution < 1.29 is 37.7 Å². The van der Waals surface area contributed by atoms with Crippen LogP contribution in [0.15, 0.2) is 54.6 Å². The number of ketones is 2. The van der Waals surface area contributed by atoms with Gasteiger partial charge in [-0.25, -0.2) is 13.3 Å². The van der Waals surface area contributed by atoms with Crippen LogP contribution in [0, 0.1) is 0 Å². The zero-order chi connectivity index (χ0) is 25.3. The molecule has 180 valence electrons. The zero-order valence-corrected chi connectivity index (χ0v) is 19.8. The third-order valence-corrected chi connectivity index (χ3v) is 6.17. The molecule has 1 unspecified atom stereocenters. The molecule has 0 heterocycles. The maximum absolute atomic E-state index is 13.2. The van der Waals surface area contributed by atoms with Gasteiger partial charge in [-0.05, 0) is 37.3 Å². The van der Waals surface area contributed by atoms with E-state index in [0.29, 0.717) is 5.02 Å². The molecule has 0 saturated heterocycles. The number of nitrogens with zero attached hydrogens (tertiary/aromatic N) is 1. The van der Waals surface area contributed by atoms with Gasteiger partial charge in [0.15, 0.2) is 29.7 Å². The first-order valence-corrected chi connectivity index (χ1v) is 11.7. The molecule has 35 heavy (non-hydrogen) atoms. The van der Waals surface area contributed by atoms with Gasteiger partial charge < -0.3 is 14.6 Å². The van der Waals surface area contributed by atoms with Crippen LogP contribution in [-0.4, -0.2) is 44.6 Å². The van der Waals surface area contributed by atoms with Gasteiger partial charge in [-0.2, -0.15) is 0 Å². The molecule has 0 aliphatic heterocycles. The SMILES string of the molecule is CCOC(=O)COc1c(N(c2ccc(Cl)cc2)S(=O)O)cc2c(c1O)C(=O)c1ccccc1C2=O. The fraction of sp³-hybridized carbons (Fsp3) is 0.125. The predicted molar refractivity (Wildman–Crippen MR) is 128 cm³/mol. The summed E-state index contributed by atoms with van der Waals surface area (Å²) < 4.78 is 33.7. The van der Waals surface area contributed by atoms with Crippen molar-refractivity contribution in [3.8, 4) is 11.5 Å². The number of esters is 1. The Morgan fingerprint density at radius 2 is 1.66 bits per heavy atom. The van der Waals surface area contributed by atoms with Crippen molar-refractivity contribution in [3.63, 3.8) is 0 Å². The highest BCUT2D eigenvalue weighted by Crippen LogP contribution is 2.47. The molecule has 2 N–H and O–H groups in total. The molecule has 0 saturated carbocycles. The normalized spacial score (nSPS) is 13.0. The maximum atomic E-state index is 13.2. The molecular formula is C24H18ClNO8S. The van der Waals surface area contributed by atoms with E-state index in [4.69, 9.17) is 21.1 Å². The molecule has 1 aliphatic rings. The topological polar surface area (TPSA) is 130 Å². The van der Waals surface area contributed by atoms with E-state index in [1.165, 1.54) is 42.5 Å². The number of carbonyl (C=O) groups is 3. The second-order valence-electron chi connectivity index (χ2n) is 7.30. The lowest BCUT2D eigenvalue weighted by Crippen LogP contribution is -2.25. The lowest BCUT2D eigenvalue weighted by molar-refractivity contribution is -0.145. The highest BCUT2D eigenvalue weighted by Gasteiger charge is 2.37. The van der Waals surface area contributed by atoms with Crippen LogP contribution in [0.1, 0.15) is 38.8 Å². The fourth-order valence-corrected chi connectivity index (χ4v) is 4.45. The molecule has 3 aromatic rings. The molecule has 0 fully saturated rings. The first-order chi connectivity index (χ1) is 16.7. The summed E-state index contributed by atoms with van der Waals surface area (Å²) in [5, 5.41) is 11.5. The van der Waals surface area contributed by atoms with Crippen LogP contribution in [-0.2, 0) is 20.8 Å². The van der Waals surface area contributed by atoms with E-state index in [-0.39, 0.29) is 40.2 Å². The fourth-order valence-electron chi connectivity index (χ4n) is 3.72. The van der Waals surface area contributed by atoms with Gasteiger partial charge in [0.25, 0.3) is 11.3 Å². The van der Waals surface area contributed by atoms with Gasteiger partial charge in [0.1, 0.15) is 5.69 Å². The minimum Gasteiger partial charge on any atom is -0.504 e. The van der Waals surface area contributed by atoms with Crippen LogP contribution in [0.4, 0.5) is 11.4 Å². The summed E-state index contributed by atoms with van der Waals surface area (Å²) in [7, 11) is 0. The second kappa shape index (κ2) is 9.87. The Balaban J connectivity index is 1.95. The summed E-state index contributed by atoms with van der Waals surface area (Å²) >= 11 is 3.21. The Labute approximate surface area is 207 Å². The van der Waals surface area contributed by atoms with Crippen LogP contribution in [0.3, 0.4) is 0 Å². The van der Waals surface area contributed by atoms with Gasteiger partial charge in [-0.1, -0.05) is 35.9 Å². The van der Waals surface area contributed by atoms with Crippen molar-refractivity contribution in [1.82, 2.24) is 0 Å². The summed E-state index contributed by atoms with van der Waals surface area (Å²) in [6.45, 7) is 1.00. The Morgan fingerprint density at radius 3 is 2.26 bits per heavy atom. The Hall–Kier alpha value is -3.73. The molecule has 4 rings (SSSR count). The number of phenolic OH excluding ortho intramolecular Hbond substituents is 1. The molecule has 0 radical (unpaired) electrons. The molecule has 0 aromatic heterocycles. The number of anilines is 2. The lowest BCUT2D eigenvalue weighted by Gasteiger charge is -2.27. The summed E-state index contributed by atoms with van der Waals surface area (Å²) in [5.74, 6) is -3.17. The number of hydrogen-bond acceptors (Lipinski definition) is 7. The first-order valence-electron chi connectivity index (χ1n) is 10.3. The first kappa shape index (κ1) is 24.4. The number of carbonyl (C=O) groups excluding carboxylic acids is 3. The van der Waals surface area contributed by atoms with Gasteiger partial charge in [0, 0.05) is 21.7 Å². The smallest absolute Gasteiger partial charge is 0.344 e. The van der Waals surface area contributed by atoms with Crippen molar-refractivity contribution >= 4 is 51.8 Å². The zero-order valence-electron chi connectivity index (χ0n) is 18.2. The van der Waals surface area contributed by atoms with E-state index < -0.39 is 46.9 Å². The minimum absolute atomic E-state index is 0.0759. The minimum atomic E-state index is -2.73. The quantitative estimate of drug-likeness (QED) is 0.278. The predicted octanol–water partition coefficient (Wildman–Crippen LogP) is 4.04. The van der Waals surface area contributed by atoms with E-state index in [1.807, 2.05) is 0 Å². The monoisotopic (exact) mass is 515 g/mol. The number of ether oxygens (including phenoxy) is 2. The number of fused-ring (bicyclic) bond motifs is 2. The summed E-state index contributed by atoms with van der Waals surface area (Å²) in [6.07, 6.45) is 0. The Morgan fingerprint density at radius 1 is 1.03 bits per heavy atom. The highest BCUT2D eigenvalue weighted by atomic mass is 35.5. The molecule has 9 nitrogen and oxygen atoms in total. The van der Waals surface area contributed by atoms with Crippen molar-refractivity contribution in [3.05, 3.63) is 81.9 Å².